The van der Waals surface area contributed by atoms with Gasteiger partial charge >= 0.3 is 0 Å². The molecule has 1 saturated heterocycles. The third kappa shape index (κ3) is 4.07. The Morgan fingerprint density at radius 3 is 2.30 bits per heavy atom. The van der Waals surface area contributed by atoms with E-state index in [1.54, 1.807) is 30.1 Å². The average molecular weight is 367 g/mol. The predicted octanol–water partition coefficient (Wildman–Crippen LogP) is 1.96. The van der Waals surface area contributed by atoms with Crippen molar-refractivity contribution >= 4 is 17.5 Å². The fraction of sp³-hybridized carbons (Fsp3) is 0.400. The zero-order valence-corrected chi connectivity index (χ0v) is 16.0. The van der Waals surface area contributed by atoms with Crippen LogP contribution in [0.15, 0.2) is 42.7 Å². The van der Waals surface area contributed by atoms with Gasteiger partial charge in [0.1, 0.15) is 11.2 Å². The van der Waals surface area contributed by atoms with Crippen molar-refractivity contribution < 1.29 is 9.59 Å². The molecule has 1 fully saturated rings. The van der Waals surface area contributed by atoms with E-state index in [2.05, 4.69) is 15.3 Å². The van der Waals surface area contributed by atoms with E-state index in [-0.39, 0.29) is 11.8 Å². The van der Waals surface area contributed by atoms with Crippen LogP contribution in [0.5, 0.6) is 0 Å². The maximum absolute atomic E-state index is 12.9. The van der Waals surface area contributed by atoms with E-state index in [0.29, 0.717) is 31.6 Å². The number of nitrogens with zero attached hydrogens (tertiary/aromatic N) is 4. The van der Waals surface area contributed by atoms with Gasteiger partial charge in [-0.3, -0.25) is 14.6 Å². The van der Waals surface area contributed by atoms with Crippen LogP contribution in [0.3, 0.4) is 0 Å². The number of aryl methyl sites for hydroxylation is 1. The number of carbonyl (C=O) groups is 2. The number of anilines is 1. The molecule has 0 bridgehead atoms. The van der Waals surface area contributed by atoms with Crippen LogP contribution in [0.25, 0.3) is 0 Å². The summed E-state index contributed by atoms with van der Waals surface area (Å²) >= 11 is 0. The van der Waals surface area contributed by atoms with Crippen LogP contribution in [0.2, 0.25) is 0 Å². The first-order valence-corrected chi connectivity index (χ1v) is 9.04. The highest BCUT2D eigenvalue weighted by Gasteiger charge is 2.43. The summed E-state index contributed by atoms with van der Waals surface area (Å²) in [7, 11) is 3.52. The maximum atomic E-state index is 12.9. The number of nitrogens with one attached hydrogen (secondary N) is 1. The van der Waals surface area contributed by atoms with Gasteiger partial charge in [-0.2, -0.15) is 0 Å². The SMILES string of the molecule is Cc1cnc(C(=O)N2CCC(Nc3ccccc3)(C(=O)N(C)C)CC2)cn1. The van der Waals surface area contributed by atoms with Crippen molar-refractivity contribution in [3.63, 3.8) is 0 Å². The summed E-state index contributed by atoms with van der Waals surface area (Å²) in [5.41, 5.74) is 1.29. The molecule has 27 heavy (non-hydrogen) atoms. The Morgan fingerprint density at radius 2 is 1.74 bits per heavy atom. The smallest absolute Gasteiger partial charge is 0.274 e. The lowest BCUT2D eigenvalue weighted by Crippen LogP contribution is -2.58. The molecule has 0 atom stereocenters. The highest BCUT2D eigenvalue weighted by Crippen LogP contribution is 2.29. The first kappa shape index (κ1) is 18.8. The summed E-state index contributed by atoms with van der Waals surface area (Å²) in [6, 6.07) is 9.71. The van der Waals surface area contributed by atoms with Crippen molar-refractivity contribution in [2.24, 2.45) is 0 Å². The molecule has 0 unspecified atom stereocenters. The topological polar surface area (TPSA) is 78.4 Å². The van der Waals surface area contributed by atoms with Gasteiger partial charge in [-0.25, -0.2) is 4.98 Å². The zero-order chi connectivity index (χ0) is 19.4. The highest BCUT2D eigenvalue weighted by molar-refractivity contribution is 5.93. The zero-order valence-electron chi connectivity index (χ0n) is 16.0. The van der Waals surface area contributed by atoms with E-state index in [4.69, 9.17) is 0 Å². The number of benzene rings is 1. The summed E-state index contributed by atoms with van der Waals surface area (Å²) in [5, 5.41) is 3.43. The molecule has 0 aliphatic carbocycles. The second-order valence-electron chi connectivity index (χ2n) is 7.11. The number of rotatable bonds is 4. The number of aromatic nitrogens is 2. The first-order valence-electron chi connectivity index (χ1n) is 9.04. The van der Waals surface area contributed by atoms with Gasteiger partial charge < -0.3 is 15.1 Å². The standard InChI is InChI=1S/C20H25N5O2/c1-15-13-22-17(14-21-15)18(26)25-11-9-20(10-12-25,19(27)24(2)3)23-16-7-5-4-6-8-16/h4-8,13-14,23H,9-12H2,1-3H3. The predicted molar refractivity (Wildman–Crippen MR) is 103 cm³/mol. The fourth-order valence-electron chi connectivity index (χ4n) is 3.37. The van der Waals surface area contributed by atoms with Crippen LogP contribution in [0.4, 0.5) is 5.69 Å². The van der Waals surface area contributed by atoms with Gasteiger partial charge in [0.25, 0.3) is 5.91 Å². The third-order valence-corrected chi connectivity index (χ3v) is 4.88. The van der Waals surface area contributed by atoms with Crippen LogP contribution in [-0.4, -0.2) is 64.3 Å². The molecule has 1 aliphatic heterocycles. The number of piperidine rings is 1. The minimum absolute atomic E-state index is 0.0218. The second kappa shape index (κ2) is 7.73. The van der Waals surface area contributed by atoms with E-state index in [9.17, 15) is 9.59 Å². The minimum Gasteiger partial charge on any atom is -0.371 e. The van der Waals surface area contributed by atoms with Gasteiger partial charge in [-0.15, -0.1) is 0 Å². The van der Waals surface area contributed by atoms with Gasteiger partial charge in [0.15, 0.2) is 0 Å². The molecule has 0 saturated carbocycles. The van der Waals surface area contributed by atoms with Crippen LogP contribution >= 0.6 is 0 Å². The first-order chi connectivity index (χ1) is 12.9. The Hall–Kier alpha value is -2.96. The largest absolute Gasteiger partial charge is 0.371 e. The van der Waals surface area contributed by atoms with E-state index >= 15 is 0 Å². The fourth-order valence-corrected chi connectivity index (χ4v) is 3.37. The normalized spacial score (nSPS) is 15.9. The molecule has 1 N–H and O–H groups in total. The molecule has 0 spiro atoms. The maximum Gasteiger partial charge on any atom is 0.274 e. The number of likely N-dealkylation sites (N-methyl/N-ethyl adjacent to an activating group) is 1. The van der Waals surface area contributed by atoms with Crippen molar-refractivity contribution in [2.75, 3.05) is 32.5 Å². The van der Waals surface area contributed by atoms with Crippen LogP contribution in [-0.2, 0) is 4.79 Å². The molecule has 2 aromatic rings. The summed E-state index contributed by atoms with van der Waals surface area (Å²) in [5.74, 6) is -0.123. The number of hydrogen-bond donors (Lipinski definition) is 1. The van der Waals surface area contributed by atoms with Crippen molar-refractivity contribution in [1.29, 1.82) is 0 Å². The van der Waals surface area contributed by atoms with Crippen molar-refractivity contribution in [3.8, 4) is 0 Å². The van der Waals surface area contributed by atoms with Gasteiger partial charge in [0.05, 0.1) is 11.9 Å². The van der Waals surface area contributed by atoms with Crippen LogP contribution < -0.4 is 5.32 Å². The lowest BCUT2D eigenvalue weighted by molar-refractivity contribution is -0.135. The molecule has 1 aromatic heterocycles. The monoisotopic (exact) mass is 367 g/mol. The molecule has 1 aromatic carbocycles. The molecule has 142 valence electrons. The number of amides is 2. The van der Waals surface area contributed by atoms with Crippen molar-refractivity contribution in [3.05, 3.63) is 54.1 Å². The lowest BCUT2D eigenvalue weighted by atomic mass is 9.85. The number of para-hydroxylation sites is 1. The van der Waals surface area contributed by atoms with Gasteiger partial charge in [0, 0.05) is 39.1 Å². The molecule has 2 heterocycles. The Balaban J connectivity index is 1.76. The second-order valence-corrected chi connectivity index (χ2v) is 7.11. The number of hydrogen-bond acceptors (Lipinski definition) is 5. The lowest BCUT2D eigenvalue weighted by Gasteiger charge is -2.42. The van der Waals surface area contributed by atoms with Crippen LogP contribution in [0, 0.1) is 6.92 Å². The Morgan fingerprint density at radius 1 is 1.07 bits per heavy atom. The van der Waals surface area contributed by atoms with E-state index in [1.165, 1.54) is 6.20 Å². The summed E-state index contributed by atoms with van der Waals surface area (Å²) < 4.78 is 0. The molecule has 2 amide bonds. The summed E-state index contributed by atoms with van der Waals surface area (Å²) in [4.78, 5) is 37.3. The molecular weight excluding hydrogens is 342 g/mol. The van der Waals surface area contributed by atoms with Crippen molar-refractivity contribution in [2.45, 2.75) is 25.3 Å². The number of likely N-dealkylation sites (tertiary alicyclic amines) is 1. The Kier molecular flexibility index (Phi) is 5.39. The quantitative estimate of drug-likeness (QED) is 0.894. The Bertz CT molecular complexity index is 797. The minimum atomic E-state index is -0.722. The van der Waals surface area contributed by atoms with Crippen LogP contribution in [0.1, 0.15) is 29.0 Å². The van der Waals surface area contributed by atoms with Gasteiger partial charge in [-0.05, 0) is 31.9 Å². The van der Waals surface area contributed by atoms with E-state index in [1.807, 2.05) is 37.3 Å². The number of carbonyl (C=O) groups excluding carboxylic acids is 2. The molecule has 7 nitrogen and oxygen atoms in total. The summed E-state index contributed by atoms with van der Waals surface area (Å²) in [6.07, 6.45) is 4.16. The Labute approximate surface area is 159 Å². The molecule has 3 rings (SSSR count). The van der Waals surface area contributed by atoms with E-state index in [0.717, 1.165) is 11.4 Å². The average Bonchev–Trinajstić information content (AvgIpc) is 2.68. The van der Waals surface area contributed by atoms with Crippen molar-refractivity contribution in [1.82, 2.24) is 19.8 Å². The molecule has 0 radical (unpaired) electrons. The highest BCUT2D eigenvalue weighted by atomic mass is 16.2. The third-order valence-electron chi connectivity index (χ3n) is 4.88. The van der Waals surface area contributed by atoms with Gasteiger partial charge in [0.2, 0.25) is 5.91 Å². The molecule has 1 aliphatic rings. The molecule has 7 heteroatoms. The van der Waals surface area contributed by atoms with Gasteiger partial charge in [-0.1, -0.05) is 18.2 Å². The van der Waals surface area contributed by atoms with E-state index < -0.39 is 5.54 Å². The molecular formula is C20H25N5O2. The summed E-state index contributed by atoms with van der Waals surface area (Å²) in [6.45, 7) is 2.79.